The number of ether oxygens (including phenoxy) is 1. The third-order valence-electron chi connectivity index (χ3n) is 2.72. The van der Waals surface area contributed by atoms with Crippen molar-refractivity contribution in [3.63, 3.8) is 0 Å². The van der Waals surface area contributed by atoms with Crippen molar-refractivity contribution in [1.82, 2.24) is 0 Å². The minimum Gasteiger partial charge on any atom is -0.381 e. The molecule has 0 aliphatic rings. The van der Waals surface area contributed by atoms with E-state index in [-0.39, 0.29) is 5.82 Å². The molecule has 2 nitrogen and oxygen atoms in total. The maximum Gasteiger partial charge on any atom is 0.125 e. The summed E-state index contributed by atoms with van der Waals surface area (Å²) in [6, 6.07) is 12.4. The van der Waals surface area contributed by atoms with Crippen molar-refractivity contribution < 1.29 is 9.13 Å². The fraction of sp³-hybridized carbons (Fsp3) is 0.200. The second-order valence-electron chi connectivity index (χ2n) is 4.22. The van der Waals surface area contributed by atoms with Crippen LogP contribution in [0.15, 0.2) is 42.5 Å². The summed E-state index contributed by atoms with van der Waals surface area (Å²) in [5.74, 6) is -0.325. The summed E-state index contributed by atoms with van der Waals surface area (Å²) in [6.45, 7) is 1.05. The van der Waals surface area contributed by atoms with Gasteiger partial charge in [-0.25, -0.2) is 4.39 Å². The highest BCUT2D eigenvalue weighted by atomic mass is 35.5. The Morgan fingerprint density at radius 1 is 1.21 bits per heavy atom. The quantitative estimate of drug-likeness (QED) is 0.884. The van der Waals surface area contributed by atoms with Crippen LogP contribution in [0, 0.1) is 5.82 Å². The highest BCUT2D eigenvalue weighted by Crippen LogP contribution is 2.19. The lowest BCUT2D eigenvalue weighted by Gasteiger charge is -2.11. The summed E-state index contributed by atoms with van der Waals surface area (Å²) in [4.78, 5) is 0. The van der Waals surface area contributed by atoms with Gasteiger partial charge in [0.25, 0.3) is 0 Å². The molecule has 100 valence electrons. The maximum atomic E-state index is 13.2. The molecule has 0 atom stereocenters. The average molecular weight is 280 g/mol. The standard InChI is InChI=1S/C15H15ClFNO/c1-19-10-12-4-2-3-5-15(12)18-9-11-6-13(16)8-14(17)7-11/h2-8,18H,9-10H2,1H3. The summed E-state index contributed by atoms with van der Waals surface area (Å²) in [5.41, 5.74) is 2.84. The first-order valence-corrected chi connectivity index (χ1v) is 6.32. The van der Waals surface area contributed by atoms with Crippen molar-refractivity contribution >= 4 is 17.3 Å². The fourth-order valence-corrected chi connectivity index (χ4v) is 2.13. The number of para-hydroxylation sites is 1. The van der Waals surface area contributed by atoms with E-state index in [0.29, 0.717) is 18.2 Å². The Hall–Kier alpha value is -1.58. The Kier molecular flexibility index (Phi) is 4.77. The molecule has 1 N–H and O–H groups in total. The summed E-state index contributed by atoms with van der Waals surface area (Å²) >= 11 is 5.83. The molecule has 4 heteroatoms. The number of benzene rings is 2. The van der Waals surface area contributed by atoms with Gasteiger partial charge in [-0.1, -0.05) is 29.8 Å². The molecule has 0 fully saturated rings. The van der Waals surface area contributed by atoms with Crippen LogP contribution in [0.1, 0.15) is 11.1 Å². The molecule has 0 amide bonds. The first-order valence-electron chi connectivity index (χ1n) is 5.94. The number of anilines is 1. The SMILES string of the molecule is COCc1ccccc1NCc1cc(F)cc(Cl)c1. The van der Waals surface area contributed by atoms with Gasteiger partial charge in [0.1, 0.15) is 5.82 Å². The molecule has 0 saturated heterocycles. The summed E-state index contributed by atoms with van der Waals surface area (Å²) in [7, 11) is 1.66. The van der Waals surface area contributed by atoms with Crippen LogP contribution in [-0.4, -0.2) is 7.11 Å². The van der Waals surface area contributed by atoms with Gasteiger partial charge in [0, 0.05) is 29.9 Å². The number of nitrogens with one attached hydrogen (secondary N) is 1. The lowest BCUT2D eigenvalue weighted by atomic mass is 10.1. The van der Waals surface area contributed by atoms with Crippen LogP contribution >= 0.6 is 11.6 Å². The van der Waals surface area contributed by atoms with Gasteiger partial charge in [0.15, 0.2) is 0 Å². The van der Waals surface area contributed by atoms with Gasteiger partial charge in [0.2, 0.25) is 0 Å². The van der Waals surface area contributed by atoms with Crippen LogP contribution in [0.2, 0.25) is 5.02 Å². The summed E-state index contributed by atoms with van der Waals surface area (Å²) in [5, 5.41) is 3.67. The molecule has 0 unspecified atom stereocenters. The average Bonchev–Trinajstić information content (AvgIpc) is 2.37. The van der Waals surface area contributed by atoms with Crippen molar-refractivity contribution in [1.29, 1.82) is 0 Å². The number of methoxy groups -OCH3 is 1. The second kappa shape index (κ2) is 6.55. The van der Waals surface area contributed by atoms with Crippen LogP contribution in [0.5, 0.6) is 0 Å². The van der Waals surface area contributed by atoms with Crippen molar-refractivity contribution in [2.75, 3.05) is 12.4 Å². The molecule has 0 aliphatic carbocycles. The van der Waals surface area contributed by atoms with Crippen molar-refractivity contribution in [3.05, 3.63) is 64.4 Å². The third-order valence-corrected chi connectivity index (χ3v) is 2.94. The van der Waals surface area contributed by atoms with Crippen molar-refractivity contribution in [2.45, 2.75) is 13.2 Å². The van der Waals surface area contributed by atoms with E-state index in [2.05, 4.69) is 5.32 Å². The van der Waals surface area contributed by atoms with Gasteiger partial charge in [0.05, 0.1) is 6.61 Å². The van der Waals surface area contributed by atoms with Crippen LogP contribution in [-0.2, 0) is 17.9 Å². The number of hydrogen-bond donors (Lipinski definition) is 1. The summed E-state index contributed by atoms with van der Waals surface area (Å²) < 4.78 is 18.4. The van der Waals surface area contributed by atoms with E-state index in [4.69, 9.17) is 16.3 Å². The second-order valence-corrected chi connectivity index (χ2v) is 4.66. The van der Waals surface area contributed by atoms with Crippen LogP contribution in [0.25, 0.3) is 0 Å². The zero-order valence-electron chi connectivity index (χ0n) is 10.6. The Morgan fingerprint density at radius 3 is 2.74 bits per heavy atom. The van der Waals surface area contributed by atoms with Gasteiger partial charge in [-0.2, -0.15) is 0 Å². The molecular formula is C15H15ClFNO. The Bertz CT molecular complexity index is 539. The van der Waals surface area contributed by atoms with Gasteiger partial charge in [-0.05, 0) is 29.8 Å². The van der Waals surface area contributed by atoms with Crippen molar-refractivity contribution in [2.24, 2.45) is 0 Å². The Labute approximate surface area is 117 Å². The van der Waals surface area contributed by atoms with Crippen molar-refractivity contribution in [3.8, 4) is 0 Å². The molecule has 2 aromatic rings. The summed E-state index contributed by atoms with van der Waals surface area (Å²) in [6.07, 6.45) is 0. The molecule has 0 saturated carbocycles. The van der Waals surface area contributed by atoms with Crippen LogP contribution < -0.4 is 5.32 Å². The molecule has 0 spiro atoms. The van der Waals surface area contributed by atoms with Crippen LogP contribution in [0.3, 0.4) is 0 Å². The van der Waals surface area contributed by atoms with Gasteiger partial charge >= 0.3 is 0 Å². The van der Waals surface area contributed by atoms with Gasteiger partial charge < -0.3 is 10.1 Å². The minimum atomic E-state index is -0.325. The molecule has 2 rings (SSSR count). The number of hydrogen-bond acceptors (Lipinski definition) is 2. The lowest BCUT2D eigenvalue weighted by Crippen LogP contribution is -2.03. The molecule has 0 heterocycles. The molecule has 0 radical (unpaired) electrons. The van der Waals surface area contributed by atoms with Crippen LogP contribution in [0.4, 0.5) is 10.1 Å². The molecule has 0 aromatic heterocycles. The highest BCUT2D eigenvalue weighted by molar-refractivity contribution is 6.30. The van der Waals surface area contributed by atoms with E-state index in [1.54, 1.807) is 13.2 Å². The zero-order chi connectivity index (χ0) is 13.7. The number of rotatable bonds is 5. The maximum absolute atomic E-state index is 13.2. The van der Waals surface area contributed by atoms with Gasteiger partial charge in [-0.3, -0.25) is 0 Å². The first-order chi connectivity index (χ1) is 9.19. The van der Waals surface area contributed by atoms with E-state index < -0.39 is 0 Å². The monoisotopic (exact) mass is 279 g/mol. The predicted molar refractivity (Wildman–Crippen MR) is 75.9 cm³/mol. The van der Waals surface area contributed by atoms with Gasteiger partial charge in [-0.15, -0.1) is 0 Å². The topological polar surface area (TPSA) is 21.3 Å². The Morgan fingerprint density at radius 2 is 2.00 bits per heavy atom. The predicted octanol–water partition coefficient (Wildman–Crippen LogP) is 4.24. The smallest absolute Gasteiger partial charge is 0.125 e. The third kappa shape index (κ3) is 3.94. The zero-order valence-corrected chi connectivity index (χ0v) is 11.4. The molecule has 0 bridgehead atoms. The largest absolute Gasteiger partial charge is 0.381 e. The lowest BCUT2D eigenvalue weighted by molar-refractivity contribution is 0.185. The first kappa shape index (κ1) is 13.8. The molecule has 0 aliphatic heterocycles. The fourth-order valence-electron chi connectivity index (χ4n) is 1.88. The highest BCUT2D eigenvalue weighted by Gasteiger charge is 2.03. The van der Waals surface area contributed by atoms with E-state index in [1.807, 2.05) is 24.3 Å². The molecule has 2 aromatic carbocycles. The Balaban J connectivity index is 2.09. The normalized spacial score (nSPS) is 10.5. The molecule has 19 heavy (non-hydrogen) atoms. The van der Waals surface area contributed by atoms with E-state index in [9.17, 15) is 4.39 Å². The number of halogens is 2. The minimum absolute atomic E-state index is 0.325. The van der Waals surface area contributed by atoms with E-state index in [0.717, 1.165) is 16.8 Å². The van der Waals surface area contributed by atoms with E-state index >= 15 is 0 Å². The molecular weight excluding hydrogens is 265 g/mol. The van der Waals surface area contributed by atoms with E-state index in [1.165, 1.54) is 12.1 Å².